The molecule has 260 valence electrons. The molecule has 0 aromatic rings. The number of rotatable bonds is 10. The number of hydrogen-bond acceptors (Lipinski definition) is 8. The quantitative estimate of drug-likeness (QED) is 0.196. The minimum Gasteiger partial charge on any atom is -0.459 e. The Hall–Kier alpha value is -3.04. The summed E-state index contributed by atoms with van der Waals surface area (Å²) in [5.74, 6) is -0.523. The molecule has 2 N–H and O–H groups in total. The van der Waals surface area contributed by atoms with Crippen LogP contribution >= 0.6 is 0 Å². The van der Waals surface area contributed by atoms with Crippen LogP contribution in [-0.2, 0) is 28.5 Å². The maximum Gasteiger partial charge on any atom is 0.335 e. The van der Waals surface area contributed by atoms with Gasteiger partial charge in [0, 0.05) is 37.7 Å². The first-order valence-electron chi connectivity index (χ1n) is 17.2. The normalized spacial score (nSPS) is 33.6. The molecule has 2 fully saturated rings. The van der Waals surface area contributed by atoms with Gasteiger partial charge in [-0.15, -0.1) is 0 Å². The zero-order valence-corrected chi connectivity index (χ0v) is 28.7. The predicted octanol–water partition coefficient (Wildman–Crippen LogP) is 6.80. The number of allylic oxidation sites excluding steroid dienone is 6. The van der Waals surface area contributed by atoms with Crippen LogP contribution in [0.3, 0.4) is 0 Å². The van der Waals surface area contributed by atoms with Crippen molar-refractivity contribution < 1.29 is 38.7 Å². The summed E-state index contributed by atoms with van der Waals surface area (Å²) >= 11 is 0. The molecule has 0 aliphatic carbocycles. The third kappa shape index (κ3) is 14.7. The number of fused-ring (bicyclic) bond motifs is 4. The molecule has 3 rings (SSSR count). The number of carbonyl (C=O) groups excluding carboxylic acids is 2. The van der Waals surface area contributed by atoms with Crippen LogP contribution in [-0.4, -0.2) is 71.5 Å². The molecule has 4 bridgehead atoms. The maximum absolute atomic E-state index is 12.6. The first-order chi connectivity index (χ1) is 22.5. The summed E-state index contributed by atoms with van der Waals surface area (Å²) in [6, 6.07) is 0. The van der Waals surface area contributed by atoms with Gasteiger partial charge in [0.25, 0.3) is 0 Å². The molecule has 0 saturated carbocycles. The molecular formula is C39H56O8. The lowest BCUT2D eigenvalue weighted by atomic mass is 9.88. The van der Waals surface area contributed by atoms with Gasteiger partial charge in [-0.1, -0.05) is 93.7 Å². The third-order valence-corrected chi connectivity index (χ3v) is 8.65. The summed E-state index contributed by atoms with van der Waals surface area (Å²) in [6.45, 7) is 12.4. The van der Waals surface area contributed by atoms with Crippen LogP contribution in [0.4, 0.5) is 0 Å². The van der Waals surface area contributed by atoms with E-state index in [2.05, 4.69) is 38.7 Å². The molecule has 0 aromatic heterocycles. The smallest absolute Gasteiger partial charge is 0.335 e. The van der Waals surface area contributed by atoms with Gasteiger partial charge in [-0.05, 0) is 50.5 Å². The van der Waals surface area contributed by atoms with Crippen molar-refractivity contribution in [1.29, 1.82) is 0 Å². The van der Waals surface area contributed by atoms with E-state index in [4.69, 9.17) is 18.9 Å². The fraction of sp³-hybridized carbons (Fsp3) is 0.590. The average Bonchev–Trinajstić information content (AvgIpc) is 3.02. The van der Waals surface area contributed by atoms with Crippen LogP contribution in [0.5, 0.6) is 0 Å². The number of ether oxygens (including phenoxy) is 4. The van der Waals surface area contributed by atoms with Crippen molar-refractivity contribution in [2.75, 3.05) is 6.61 Å². The molecule has 0 aromatic carbocycles. The highest BCUT2D eigenvalue weighted by molar-refractivity contribution is 5.82. The Labute approximate surface area is 281 Å². The highest BCUT2D eigenvalue weighted by Gasteiger charge is 2.33. The zero-order valence-electron chi connectivity index (χ0n) is 28.7. The van der Waals surface area contributed by atoms with Crippen molar-refractivity contribution in [2.45, 2.75) is 128 Å². The largest absolute Gasteiger partial charge is 0.459 e. The van der Waals surface area contributed by atoms with E-state index >= 15 is 0 Å². The van der Waals surface area contributed by atoms with E-state index in [9.17, 15) is 19.8 Å². The summed E-state index contributed by atoms with van der Waals surface area (Å²) in [5, 5.41) is 20.9. The zero-order chi connectivity index (χ0) is 34.2. The highest BCUT2D eigenvalue weighted by Crippen LogP contribution is 2.29. The van der Waals surface area contributed by atoms with Crippen molar-refractivity contribution in [2.24, 2.45) is 11.8 Å². The van der Waals surface area contributed by atoms with Gasteiger partial charge < -0.3 is 29.2 Å². The molecule has 3 heterocycles. The van der Waals surface area contributed by atoms with Gasteiger partial charge in [0.05, 0.1) is 30.5 Å². The van der Waals surface area contributed by atoms with E-state index in [1.807, 2.05) is 44.2 Å². The van der Waals surface area contributed by atoms with Crippen LogP contribution < -0.4 is 0 Å². The van der Waals surface area contributed by atoms with E-state index in [-0.39, 0.29) is 49.5 Å². The van der Waals surface area contributed by atoms with Gasteiger partial charge in [-0.3, -0.25) is 0 Å². The number of aliphatic hydroxyl groups excluding tert-OH is 2. The average molecular weight is 653 g/mol. The van der Waals surface area contributed by atoms with Gasteiger partial charge in [0.15, 0.2) is 6.10 Å². The van der Waals surface area contributed by atoms with Crippen molar-refractivity contribution in [3.8, 4) is 0 Å². The second-order valence-electron chi connectivity index (χ2n) is 13.5. The molecule has 0 radical (unpaired) electrons. The Bertz CT molecular complexity index is 1190. The Kier molecular flexibility index (Phi) is 16.6. The van der Waals surface area contributed by atoms with Gasteiger partial charge >= 0.3 is 11.9 Å². The third-order valence-electron chi connectivity index (χ3n) is 8.65. The van der Waals surface area contributed by atoms with Crippen LogP contribution in [0.15, 0.2) is 84.6 Å². The SMILES string of the molecule is C=C(CCC(C)C)COC(=O)[C@H](O)C/C=C\C[C@H]1C[C@@H]2C[C@@H](/C=C/C/C=C/C(C)=C\[C@H]3O[C@@H](C/C=C/C=C/C(=O)O2)C[C@H](O)[C@H]3C)O1. The molecule has 8 atom stereocenters. The number of carbonyl (C=O) groups is 2. The number of aliphatic hydroxyl groups is 2. The second kappa shape index (κ2) is 20.4. The summed E-state index contributed by atoms with van der Waals surface area (Å²) < 4.78 is 23.6. The highest BCUT2D eigenvalue weighted by atomic mass is 16.6. The molecule has 47 heavy (non-hydrogen) atoms. The summed E-state index contributed by atoms with van der Waals surface area (Å²) in [6.07, 6.45) is 23.6. The van der Waals surface area contributed by atoms with Crippen molar-refractivity contribution in [3.05, 3.63) is 84.6 Å². The topological polar surface area (TPSA) is 112 Å². The Morgan fingerprint density at radius 2 is 1.89 bits per heavy atom. The van der Waals surface area contributed by atoms with E-state index in [0.29, 0.717) is 44.4 Å². The molecular weight excluding hydrogens is 596 g/mol. The summed E-state index contributed by atoms with van der Waals surface area (Å²) in [5.41, 5.74) is 1.92. The van der Waals surface area contributed by atoms with Gasteiger partial charge in [0.1, 0.15) is 12.7 Å². The summed E-state index contributed by atoms with van der Waals surface area (Å²) in [4.78, 5) is 24.9. The lowest BCUT2D eigenvalue weighted by Gasteiger charge is -2.37. The second-order valence-corrected chi connectivity index (χ2v) is 13.5. The molecule has 8 nitrogen and oxygen atoms in total. The van der Waals surface area contributed by atoms with Crippen LogP contribution in [0, 0.1) is 11.8 Å². The van der Waals surface area contributed by atoms with Crippen LogP contribution in [0.1, 0.15) is 85.5 Å². The van der Waals surface area contributed by atoms with Gasteiger partial charge in [-0.2, -0.15) is 0 Å². The Morgan fingerprint density at radius 1 is 1.09 bits per heavy atom. The first kappa shape index (κ1) is 38.4. The molecule has 0 amide bonds. The monoisotopic (exact) mass is 652 g/mol. The number of hydrogen-bond donors (Lipinski definition) is 2. The maximum atomic E-state index is 12.6. The Morgan fingerprint density at radius 3 is 2.68 bits per heavy atom. The van der Waals surface area contributed by atoms with E-state index in [0.717, 1.165) is 24.0 Å². The van der Waals surface area contributed by atoms with E-state index in [1.165, 1.54) is 6.08 Å². The lowest BCUT2D eigenvalue weighted by molar-refractivity contribution is -0.153. The van der Waals surface area contributed by atoms with Crippen molar-refractivity contribution in [1.82, 2.24) is 0 Å². The van der Waals surface area contributed by atoms with E-state index < -0.39 is 24.1 Å². The predicted molar refractivity (Wildman–Crippen MR) is 184 cm³/mol. The first-order valence-corrected chi connectivity index (χ1v) is 17.2. The standard InChI is InChI=1S/C39H56O8/c1-27(2)20-21-29(4)26-44-39(43)35(40)18-13-12-17-32-24-34-23-31(45-32)15-9-6-8-14-28(3)22-37-30(5)36(41)25-33(46-37)16-10-7-11-19-38(42)47-34/h7-15,19,22,27,30-37,40-41H,4,6,16-18,20-21,23-26H2,1-3,5H3/b10-7+,13-12-,14-8+,15-9+,19-11+,28-22-/t30-,31-,32+,33+,34+,35-,36+,37-/m1/s1. The lowest BCUT2D eigenvalue weighted by Crippen LogP contribution is -2.41. The molecule has 3 aliphatic heterocycles. The van der Waals surface area contributed by atoms with Crippen LogP contribution in [0.2, 0.25) is 0 Å². The van der Waals surface area contributed by atoms with Crippen LogP contribution in [0.25, 0.3) is 0 Å². The van der Waals surface area contributed by atoms with Gasteiger partial charge in [0.2, 0.25) is 0 Å². The molecule has 8 heteroatoms. The molecule has 0 unspecified atom stereocenters. The molecule has 3 aliphatic rings. The van der Waals surface area contributed by atoms with Crippen molar-refractivity contribution in [3.63, 3.8) is 0 Å². The van der Waals surface area contributed by atoms with E-state index in [1.54, 1.807) is 12.2 Å². The fourth-order valence-corrected chi connectivity index (χ4v) is 5.75. The van der Waals surface area contributed by atoms with Crippen molar-refractivity contribution >= 4 is 11.9 Å². The fourth-order valence-electron chi connectivity index (χ4n) is 5.75. The molecule has 0 spiro atoms. The minimum atomic E-state index is -1.25. The molecule has 2 saturated heterocycles. The Balaban J connectivity index is 1.59. The summed E-state index contributed by atoms with van der Waals surface area (Å²) in [7, 11) is 0. The van der Waals surface area contributed by atoms with Gasteiger partial charge in [-0.25, -0.2) is 9.59 Å². The minimum absolute atomic E-state index is 0.00176. The number of esters is 2.